The first-order valence-corrected chi connectivity index (χ1v) is 9.16. The number of carbonyl (C=O) groups excluding carboxylic acids is 2. The number of hydrogen-bond donors (Lipinski definition) is 1. The smallest absolute Gasteiger partial charge is 0.344 e. The van der Waals surface area contributed by atoms with Crippen molar-refractivity contribution in [2.45, 2.75) is 52.5 Å². The highest BCUT2D eigenvalue weighted by atomic mass is 16.6. The zero-order valence-corrected chi connectivity index (χ0v) is 15.4. The highest BCUT2D eigenvalue weighted by molar-refractivity contribution is 5.81. The second kappa shape index (κ2) is 9.44. The molecule has 1 saturated carbocycles. The highest BCUT2D eigenvalue weighted by Gasteiger charge is 2.28. The number of carbonyl (C=O) groups is 2. The lowest BCUT2D eigenvalue weighted by molar-refractivity contribution is -0.150. The van der Waals surface area contributed by atoms with Crippen molar-refractivity contribution in [1.82, 2.24) is 5.32 Å². The van der Waals surface area contributed by atoms with Gasteiger partial charge in [-0.3, -0.25) is 4.79 Å². The van der Waals surface area contributed by atoms with E-state index >= 15 is 0 Å². The predicted molar refractivity (Wildman–Crippen MR) is 96.4 cm³/mol. The Kier molecular flexibility index (Phi) is 7.29. The second-order valence-electron chi connectivity index (χ2n) is 6.89. The van der Waals surface area contributed by atoms with Gasteiger partial charge in [-0.15, -0.1) is 0 Å². The van der Waals surface area contributed by atoms with E-state index in [9.17, 15) is 9.59 Å². The Bertz CT molecular complexity index is 570. The summed E-state index contributed by atoms with van der Waals surface area (Å²) in [6.45, 7) is 6.00. The van der Waals surface area contributed by atoms with Gasteiger partial charge < -0.3 is 14.8 Å². The molecule has 0 spiro atoms. The van der Waals surface area contributed by atoms with E-state index in [1.807, 2.05) is 24.3 Å². The van der Waals surface area contributed by atoms with E-state index in [1.54, 1.807) is 0 Å². The van der Waals surface area contributed by atoms with Crippen molar-refractivity contribution in [1.29, 1.82) is 0 Å². The third kappa shape index (κ3) is 6.07. The molecule has 0 heterocycles. The van der Waals surface area contributed by atoms with E-state index in [0.717, 1.165) is 19.3 Å². The average molecular weight is 347 g/mol. The van der Waals surface area contributed by atoms with Gasteiger partial charge in [0.2, 0.25) is 0 Å². The van der Waals surface area contributed by atoms with Crippen LogP contribution in [0.2, 0.25) is 0 Å². The molecule has 0 radical (unpaired) electrons. The Morgan fingerprint density at radius 1 is 1.12 bits per heavy atom. The number of esters is 1. The zero-order valence-electron chi connectivity index (χ0n) is 15.4. The van der Waals surface area contributed by atoms with Crippen LogP contribution in [-0.4, -0.2) is 31.1 Å². The molecule has 0 unspecified atom stereocenters. The van der Waals surface area contributed by atoms with E-state index in [2.05, 4.69) is 26.1 Å². The van der Waals surface area contributed by atoms with Crippen LogP contribution in [-0.2, 0) is 20.7 Å². The van der Waals surface area contributed by atoms with Crippen LogP contribution in [0.3, 0.4) is 0 Å². The number of amides is 1. The lowest BCUT2D eigenvalue weighted by Gasteiger charge is -2.34. The first-order chi connectivity index (χ1) is 12.0. The maximum Gasteiger partial charge on any atom is 0.344 e. The predicted octanol–water partition coefficient (Wildman–Crippen LogP) is 3.11. The molecule has 1 N–H and O–H groups in total. The fourth-order valence-electron chi connectivity index (χ4n) is 3.19. The fraction of sp³-hybridized carbons (Fsp3) is 0.600. The van der Waals surface area contributed by atoms with Gasteiger partial charge in [0, 0.05) is 6.04 Å². The van der Waals surface area contributed by atoms with E-state index < -0.39 is 5.97 Å². The third-order valence-corrected chi connectivity index (χ3v) is 5.11. The van der Waals surface area contributed by atoms with Gasteiger partial charge >= 0.3 is 5.97 Å². The Labute approximate surface area is 150 Å². The van der Waals surface area contributed by atoms with E-state index in [4.69, 9.17) is 9.47 Å². The lowest BCUT2D eigenvalue weighted by atomic mass is 9.78. The van der Waals surface area contributed by atoms with Gasteiger partial charge in [0.1, 0.15) is 5.75 Å². The topological polar surface area (TPSA) is 64.6 Å². The lowest BCUT2D eigenvalue weighted by Crippen LogP contribution is -2.45. The number of aryl methyl sites for hydroxylation is 1. The number of ether oxygens (including phenoxy) is 2. The normalized spacial score (nSPS) is 22.9. The SMILES string of the molecule is CCc1ccc(OCC(=O)OCC(=O)N[C@@H]2CCC[C@H](C)[C@@H]2C)cc1. The van der Waals surface area contributed by atoms with Crippen LogP contribution >= 0.6 is 0 Å². The zero-order chi connectivity index (χ0) is 18.2. The summed E-state index contributed by atoms with van der Waals surface area (Å²) in [6.07, 6.45) is 4.28. The minimum absolute atomic E-state index is 0.170. The van der Waals surface area contributed by atoms with Gasteiger partial charge in [-0.1, -0.05) is 45.7 Å². The standard InChI is InChI=1S/C20H29NO4/c1-4-16-8-10-17(11-9-16)24-13-20(23)25-12-19(22)21-18-7-5-6-14(2)15(18)3/h8-11,14-15,18H,4-7,12-13H2,1-3H3,(H,21,22)/t14-,15-,18+/m0/s1. The second-order valence-corrected chi connectivity index (χ2v) is 6.89. The summed E-state index contributed by atoms with van der Waals surface area (Å²) in [5.41, 5.74) is 1.21. The maximum atomic E-state index is 12.0. The summed E-state index contributed by atoms with van der Waals surface area (Å²) in [5.74, 6) is 0.881. The first-order valence-electron chi connectivity index (χ1n) is 9.16. The summed E-state index contributed by atoms with van der Waals surface area (Å²) < 4.78 is 10.4. The molecule has 1 aromatic rings. The van der Waals surface area contributed by atoms with E-state index in [-0.39, 0.29) is 25.2 Å². The largest absolute Gasteiger partial charge is 0.482 e. The molecule has 1 aromatic carbocycles. The molecule has 1 aliphatic carbocycles. The quantitative estimate of drug-likeness (QED) is 0.770. The van der Waals surface area contributed by atoms with Crippen molar-refractivity contribution in [2.24, 2.45) is 11.8 Å². The molecule has 0 saturated heterocycles. The van der Waals surface area contributed by atoms with Gasteiger partial charge in [0.05, 0.1) is 0 Å². The summed E-state index contributed by atoms with van der Waals surface area (Å²) in [5, 5.41) is 2.98. The van der Waals surface area contributed by atoms with Gasteiger partial charge in [-0.2, -0.15) is 0 Å². The summed E-state index contributed by atoms with van der Waals surface area (Å²) >= 11 is 0. The van der Waals surface area contributed by atoms with Gasteiger partial charge in [0.25, 0.3) is 5.91 Å². The summed E-state index contributed by atoms with van der Waals surface area (Å²) in [4.78, 5) is 23.7. The van der Waals surface area contributed by atoms with E-state index in [0.29, 0.717) is 17.6 Å². The van der Waals surface area contributed by atoms with Crippen LogP contribution < -0.4 is 10.1 Å². The van der Waals surface area contributed by atoms with Gasteiger partial charge in [-0.05, 0) is 42.4 Å². The monoisotopic (exact) mass is 347 g/mol. The molecule has 2 rings (SSSR count). The Hall–Kier alpha value is -2.04. The summed E-state index contributed by atoms with van der Waals surface area (Å²) in [7, 11) is 0. The van der Waals surface area contributed by atoms with E-state index in [1.165, 1.54) is 12.0 Å². The fourth-order valence-corrected chi connectivity index (χ4v) is 3.19. The molecule has 1 fully saturated rings. The van der Waals surface area contributed by atoms with Crippen LogP contribution in [0.25, 0.3) is 0 Å². The Balaban J connectivity index is 1.67. The molecule has 0 aromatic heterocycles. The van der Waals surface area contributed by atoms with Gasteiger partial charge in [-0.25, -0.2) is 4.79 Å². The number of hydrogen-bond acceptors (Lipinski definition) is 4. The van der Waals surface area contributed by atoms with Gasteiger partial charge in [0.15, 0.2) is 13.2 Å². The van der Waals surface area contributed by atoms with Crippen LogP contribution in [0.4, 0.5) is 0 Å². The molecular formula is C20H29NO4. The average Bonchev–Trinajstić information content (AvgIpc) is 2.62. The summed E-state index contributed by atoms with van der Waals surface area (Å²) in [6, 6.07) is 7.73. The molecule has 138 valence electrons. The molecule has 0 bridgehead atoms. The molecule has 25 heavy (non-hydrogen) atoms. The Morgan fingerprint density at radius 2 is 1.84 bits per heavy atom. The number of nitrogens with one attached hydrogen (secondary N) is 1. The molecule has 3 atom stereocenters. The molecule has 1 amide bonds. The minimum Gasteiger partial charge on any atom is -0.482 e. The molecular weight excluding hydrogens is 318 g/mol. The first kappa shape index (κ1) is 19.3. The highest BCUT2D eigenvalue weighted by Crippen LogP contribution is 2.29. The van der Waals surface area contributed by atoms with Crippen molar-refractivity contribution in [3.8, 4) is 5.75 Å². The molecule has 5 heteroatoms. The number of benzene rings is 1. The number of rotatable bonds is 7. The van der Waals surface area contributed by atoms with Crippen molar-refractivity contribution in [3.05, 3.63) is 29.8 Å². The Morgan fingerprint density at radius 3 is 2.52 bits per heavy atom. The minimum atomic E-state index is -0.542. The van der Waals surface area contributed by atoms with Crippen LogP contribution in [0.1, 0.15) is 45.6 Å². The van der Waals surface area contributed by atoms with Crippen molar-refractivity contribution in [3.63, 3.8) is 0 Å². The van der Waals surface area contributed by atoms with Crippen LogP contribution in [0.15, 0.2) is 24.3 Å². The third-order valence-electron chi connectivity index (χ3n) is 5.11. The van der Waals surface area contributed by atoms with Crippen molar-refractivity contribution >= 4 is 11.9 Å². The van der Waals surface area contributed by atoms with Crippen LogP contribution in [0, 0.1) is 11.8 Å². The molecule has 5 nitrogen and oxygen atoms in total. The maximum absolute atomic E-state index is 12.0. The van der Waals surface area contributed by atoms with Crippen molar-refractivity contribution < 1.29 is 19.1 Å². The van der Waals surface area contributed by atoms with Crippen molar-refractivity contribution in [2.75, 3.05) is 13.2 Å². The molecule has 0 aliphatic heterocycles. The molecule has 1 aliphatic rings. The van der Waals surface area contributed by atoms with Crippen LogP contribution in [0.5, 0.6) is 5.75 Å².